The molecule has 3 amide bonds. The van der Waals surface area contributed by atoms with Crippen LogP contribution in [0.15, 0.2) is 97.1 Å². The van der Waals surface area contributed by atoms with Crippen molar-refractivity contribution in [3.63, 3.8) is 0 Å². The van der Waals surface area contributed by atoms with Crippen molar-refractivity contribution in [1.29, 1.82) is 0 Å². The first-order valence-electron chi connectivity index (χ1n) is 13.5. The molecule has 5 atom stereocenters. The molecule has 0 saturated carbocycles. The molecule has 0 radical (unpaired) electrons. The molecule has 5 rings (SSSR count). The van der Waals surface area contributed by atoms with Crippen LogP contribution < -0.4 is 5.32 Å². The average molecular weight is 554 g/mol. The second-order valence-electron chi connectivity index (χ2n) is 10.1. The second-order valence-corrected chi connectivity index (χ2v) is 10.1. The van der Waals surface area contributed by atoms with Crippen LogP contribution in [0, 0.1) is 0 Å². The maximum Gasteiger partial charge on any atom is 0.411 e. The predicted molar refractivity (Wildman–Crippen MR) is 151 cm³/mol. The highest BCUT2D eigenvalue weighted by Crippen LogP contribution is 2.39. The third-order valence-corrected chi connectivity index (χ3v) is 7.50. The van der Waals surface area contributed by atoms with Gasteiger partial charge in [-0.3, -0.25) is 19.3 Å². The van der Waals surface area contributed by atoms with Crippen LogP contribution in [0.1, 0.15) is 42.1 Å². The van der Waals surface area contributed by atoms with Crippen LogP contribution in [0.2, 0.25) is 0 Å². The molecule has 41 heavy (non-hydrogen) atoms. The Kier molecular flexibility index (Phi) is 8.14. The van der Waals surface area contributed by atoms with Crippen molar-refractivity contribution in [1.82, 2.24) is 15.1 Å². The zero-order chi connectivity index (χ0) is 28.9. The number of hydrogen-bond acceptors (Lipinski definition) is 5. The zero-order valence-corrected chi connectivity index (χ0v) is 22.5. The number of hydrogen-bond donors (Lipinski definition) is 2. The third kappa shape index (κ3) is 5.84. The minimum absolute atomic E-state index is 0.0787. The van der Waals surface area contributed by atoms with Gasteiger partial charge in [0.05, 0.1) is 24.5 Å². The molecule has 0 spiro atoms. The lowest BCUT2D eigenvalue weighted by molar-refractivity contribution is -0.165. The summed E-state index contributed by atoms with van der Waals surface area (Å²) >= 11 is 0. The number of carboxylic acids is 1. The topological polar surface area (TPSA) is 116 Å². The smallest absolute Gasteiger partial charge is 0.411 e. The van der Waals surface area contributed by atoms with E-state index < -0.39 is 60.5 Å². The van der Waals surface area contributed by atoms with Gasteiger partial charge in [0.1, 0.15) is 18.7 Å². The summed E-state index contributed by atoms with van der Waals surface area (Å²) in [6.45, 7) is 1.87. The lowest BCUT2D eigenvalue weighted by Gasteiger charge is -2.52. The van der Waals surface area contributed by atoms with E-state index >= 15 is 0 Å². The number of carbonyl (C=O) groups excluding carboxylic acids is 3. The highest BCUT2D eigenvalue weighted by atomic mass is 16.6. The van der Waals surface area contributed by atoms with Gasteiger partial charge in [0.25, 0.3) is 0 Å². The maximum atomic E-state index is 13.8. The number of aliphatic carboxylic acids is 1. The van der Waals surface area contributed by atoms with Crippen molar-refractivity contribution in [2.45, 2.75) is 43.6 Å². The van der Waals surface area contributed by atoms with Crippen molar-refractivity contribution in [2.24, 2.45) is 0 Å². The standard InChI is InChI=1S/C32H31N3O6/c1-21(23-13-7-3-8-14-23)33-30(38)26(19-28(36)37)34-25(18-17-22-11-5-2-6-12-22)29(31(34)39)35-27(20-41-32(35)40)24-15-9-4-10-16-24/h2-18,21,25-27,29H,19-20H2,1H3,(H,33,38)(H,36,37)/t21-,25-,26-,27-,29+/m1/s1. The molecule has 3 aromatic carbocycles. The van der Waals surface area contributed by atoms with Crippen molar-refractivity contribution in [3.8, 4) is 0 Å². The normalized spacial score (nSPS) is 21.7. The molecule has 0 aliphatic carbocycles. The number of carbonyl (C=O) groups is 4. The number of rotatable bonds is 10. The molecule has 2 N–H and O–H groups in total. The number of nitrogens with zero attached hydrogens (tertiary/aromatic N) is 2. The summed E-state index contributed by atoms with van der Waals surface area (Å²) in [4.78, 5) is 55.0. The molecule has 9 heteroatoms. The van der Waals surface area contributed by atoms with E-state index in [-0.39, 0.29) is 6.61 Å². The fourth-order valence-electron chi connectivity index (χ4n) is 5.42. The largest absolute Gasteiger partial charge is 0.481 e. The van der Waals surface area contributed by atoms with E-state index in [1.54, 1.807) is 19.1 Å². The van der Waals surface area contributed by atoms with Crippen molar-refractivity contribution in [2.75, 3.05) is 6.61 Å². The first kappa shape index (κ1) is 27.6. The van der Waals surface area contributed by atoms with Crippen LogP contribution in [0.4, 0.5) is 4.79 Å². The van der Waals surface area contributed by atoms with Gasteiger partial charge in [-0.2, -0.15) is 0 Å². The Morgan fingerprint density at radius 3 is 2.22 bits per heavy atom. The van der Waals surface area contributed by atoms with Gasteiger partial charge in [-0.15, -0.1) is 0 Å². The van der Waals surface area contributed by atoms with E-state index in [9.17, 15) is 24.3 Å². The van der Waals surface area contributed by atoms with Crippen LogP contribution in [-0.2, 0) is 19.1 Å². The van der Waals surface area contributed by atoms with Gasteiger partial charge in [-0.1, -0.05) is 103 Å². The summed E-state index contributed by atoms with van der Waals surface area (Å²) in [5, 5.41) is 12.6. The minimum Gasteiger partial charge on any atom is -0.481 e. The minimum atomic E-state index is -1.29. The van der Waals surface area contributed by atoms with Crippen molar-refractivity contribution in [3.05, 3.63) is 114 Å². The maximum absolute atomic E-state index is 13.8. The Balaban J connectivity index is 1.48. The molecule has 9 nitrogen and oxygen atoms in total. The van der Waals surface area contributed by atoms with Gasteiger partial charge in [0.15, 0.2) is 0 Å². The number of likely N-dealkylation sites (tertiary alicyclic amines) is 1. The Bertz CT molecular complexity index is 1430. The highest BCUT2D eigenvalue weighted by molar-refractivity contribution is 5.99. The van der Waals surface area contributed by atoms with E-state index in [4.69, 9.17) is 4.74 Å². The summed E-state index contributed by atoms with van der Waals surface area (Å²) < 4.78 is 5.38. The van der Waals surface area contributed by atoms with Gasteiger partial charge < -0.3 is 20.1 Å². The monoisotopic (exact) mass is 553 g/mol. The van der Waals surface area contributed by atoms with Crippen molar-refractivity contribution < 1.29 is 29.0 Å². The summed E-state index contributed by atoms with van der Waals surface area (Å²) in [6.07, 6.45) is 2.33. The Hall–Kier alpha value is -4.92. The van der Waals surface area contributed by atoms with Crippen LogP contribution >= 0.6 is 0 Å². The number of benzene rings is 3. The average Bonchev–Trinajstić information content (AvgIpc) is 3.36. The van der Waals surface area contributed by atoms with E-state index in [1.165, 1.54) is 9.80 Å². The molecule has 210 valence electrons. The number of amides is 3. The molecule has 0 unspecified atom stereocenters. The van der Waals surface area contributed by atoms with E-state index in [0.29, 0.717) is 0 Å². The number of carboxylic acid groups (broad SMARTS) is 1. The molecule has 3 aromatic rings. The quantitative estimate of drug-likeness (QED) is 0.364. The lowest BCUT2D eigenvalue weighted by atomic mass is 9.87. The number of nitrogens with one attached hydrogen (secondary N) is 1. The molecule has 2 heterocycles. The number of cyclic esters (lactones) is 1. The zero-order valence-electron chi connectivity index (χ0n) is 22.5. The summed E-state index contributed by atoms with van der Waals surface area (Å²) in [5.74, 6) is -2.32. The molecule has 2 fully saturated rings. The fourth-order valence-corrected chi connectivity index (χ4v) is 5.42. The molecule has 0 bridgehead atoms. The van der Waals surface area contributed by atoms with Crippen LogP contribution in [0.3, 0.4) is 0 Å². The predicted octanol–water partition coefficient (Wildman–Crippen LogP) is 4.19. The molecular formula is C32H31N3O6. The van der Waals surface area contributed by atoms with Crippen LogP contribution in [0.25, 0.3) is 6.08 Å². The summed E-state index contributed by atoms with van der Waals surface area (Å²) in [5.41, 5.74) is 2.51. The highest BCUT2D eigenvalue weighted by Gasteiger charge is 2.58. The van der Waals surface area contributed by atoms with E-state index in [2.05, 4.69) is 5.32 Å². The van der Waals surface area contributed by atoms with E-state index in [0.717, 1.165) is 16.7 Å². The summed E-state index contributed by atoms with van der Waals surface area (Å²) in [6, 6.07) is 24.0. The first-order chi connectivity index (χ1) is 19.8. The lowest BCUT2D eigenvalue weighted by Crippen LogP contribution is -2.74. The van der Waals surface area contributed by atoms with Crippen molar-refractivity contribution >= 4 is 30.0 Å². The SMILES string of the molecule is C[C@@H](NC(=O)[C@@H](CC(=O)O)N1C(=O)[C@@H](N2C(=O)OC[C@@H]2c2ccccc2)[C@H]1C=Cc1ccccc1)c1ccccc1. The van der Waals surface area contributed by atoms with Gasteiger partial charge in [0.2, 0.25) is 11.8 Å². The fraction of sp³-hybridized carbons (Fsp3) is 0.250. The van der Waals surface area contributed by atoms with Crippen LogP contribution in [0.5, 0.6) is 0 Å². The Morgan fingerprint density at radius 1 is 0.976 bits per heavy atom. The van der Waals surface area contributed by atoms with Crippen LogP contribution in [-0.4, -0.2) is 63.5 Å². The molecule has 0 aromatic heterocycles. The number of β-lactam (4-membered cyclic amide) rings is 1. The third-order valence-electron chi connectivity index (χ3n) is 7.50. The van der Waals surface area contributed by atoms with Gasteiger partial charge in [-0.05, 0) is 23.6 Å². The number of ether oxygens (including phenoxy) is 1. The van der Waals surface area contributed by atoms with Gasteiger partial charge in [-0.25, -0.2) is 4.79 Å². The van der Waals surface area contributed by atoms with Gasteiger partial charge >= 0.3 is 12.1 Å². The first-order valence-corrected chi connectivity index (χ1v) is 13.5. The van der Waals surface area contributed by atoms with E-state index in [1.807, 2.05) is 91.0 Å². The summed E-state index contributed by atoms with van der Waals surface area (Å²) in [7, 11) is 0. The van der Waals surface area contributed by atoms with Gasteiger partial charge in [0, 0.05) is 0 Å². The molecule has 2 aliphatic rings. The Labute approximate surface area is 238 Å². The second kappa shape index (κ2) is 12.1. The molecular weight excluding hydrogens is 522 g/mol. The molecule has 2 aliphatic heterocycles. The molecule has 2 saturated heterocycles. The Morgan fingerprint density at radius 2 is 1.59 bits per heavy atom.